The highest BCUT2D eigenvalue weighted by Gasteiger charge is 2.25. The number of carbonyl (C=O) groups excluding carboxylic acids is 1. The van der Waals surface area contributed by atoms with Gasteiger partial charge in [0.1, 0.15) is 4.83 Å². The molecule has 3 aromatic heterocycles. The third-order valence-corrected chi connectivity index (χ3v) is 6.83. The molecule has 142 valence electrons. The van der Waals surface area contributed by atoms with E-state index in [0.29, 0.717) is 34.1 Å². The minimum Gasteiger partial charge on any atom is -0.450 e. The second-order valence-corrected chi connectivity index (χ2v) is 8.77. The van der Waals surface area contributed by atoms with Gasteiger partial charge in [0.15, 0.2) is 16.8 Å². The predicted molar refractivity (Wildman–Crippen MR) is 105 cm³/mol. The summed E-state index contributed by atoms with van der Waals surface area (Å²) in [6.07, 6.45) is 2.95. The normalized spacial score (nSPS) is 17.7. The molecule has 0 spiro atoms. The minimum absolute atomic E-state index is 0.154. The number of fused-ring (bicyclic) bond motifs is 3. The standard InChI is InChI=1S/C18H20N4O3S2/c1-4-11-14(27-22-21-11)18(24)25-9(3)15-19-16(23)13-10-6-5-8(2)7-12(10)26-17(13)20-15/h8-9H,4-7H2,1-3H3,(H,19,20,23)/t8-,9-/m1/s1. The number of rotatable bonds is 4. The van der Waals surface area contributed by atoms with Crippen LogP contribution in [0.25, 0.3) is 10.2 Å². The van der Waals surface area contributed by atoms with Gasteiger partial charge in [-0.1, -0.05) is 18.3 Å². The van der Waals surface area contributed by atoms with Crippen LogP contribution in [0.4, 0.5) is 0 Å². The Hall–Kier alpha value is -2.13. The fourth-order valence-electron chi connectivity index (χ4n) is 3.42. The molecule has 3 aromatic rings. The van der Waals surface area contributed by atoms with E-state index < -0.39 is 12.1 Å². The molecule has 3 heterocycles. The van der Waals surface area contributed by atoms with Gasteiger partial charge in [-0.3, -0.25) is 4.79 Å². The van der Waals surface area contributed by atoms with Crippen LogP contribution in [0.5, 0.6) is 0 Å². The number of aromatic nitrogens is 4. The number of esters is 1. The van der Waals surface area contributed by atoms with Crippen molar-refractivity contribution in [1.29, 1.82) is 0 Å². The van der Waals surface area contributed by atoms with Gasteiger partial charge in [-0.25, -0.2) is 9.78 Å². The summed E-state index contributed by atoms with van der Waals surface area (Å²) in [7, 11) is 0. The smallest absolute Gasteiger partial charge is 0.352 e. The van der Waals surface area contributed by atoms with E-state index in [9.17, 15) is 9.59 Å². The largest absolute Gasteiger partial charge is 0.450 e. The molecule has 0 saturated heterocycles. The maximum Gasteiger partial charge on any atom is 0.352 e. The van der Waals surface area contributed by atoms with E-state index >= 15 is 0 Å². The fraction of sp³-hybridized carbons (Fsp3) is 0.500. The monoisotopic (exact) mass is 404 g/mol. The molecule has 4 rings (SSSR count). The lowest BCUT2D eigenvalue weighted by Gasteiger charge is -2.17. The van der Waals surface area contributed by atoms with Crippen molar-refractivity contribution in [2.24, 2.45) is 5.92 Å². The lowest BCUT2D eigenvalue weighted by Crippen LogP contribution is -2.18. The summed E-state index contributed by atoms with van der Waals surface area (Å²) in [5, 5.41) is 4.63. The Kier molecular flexibility index (Phi) is 4.81. The van der Waals surface area contributed by atoms with Crippen molar-refractivity contribution in [2.45, 2.75) is 52.6 Å². The second-order valence-electron chi connectivity index (χ2n) is 6.93. The molecule has 0 aliphatic heterocycles. The van der Waals surface area contributed by atoms with Crippen molar-refractivity contribution < 1.29 is 9.53 Å². The van der Waals surface area contributed by atoms with Gasteiger partial charge < -0.3 is 9.72 Å². The van der Waals surface area contributed by atoms with Crippen LogP contribution in [0.2, 0.25) is 0 Å². The number of H-pyrrole nitrogens is 1. The molecule has 0 unspecified atom stereocenters. The van der Waals surface area contributed by atoms with Crippen LogP contribution in [-0.4, -0.2) is 25.5 Å². The van der Waals surface area contributed by atoms with Crippen LogP contribution in [0, 0.1) is 5.92 Å². The molecule has 1 N–H and O–H groups in total. The summed E-state index contributed by atoms with van der Waals surface area (Å²) < 4.78 is 9.32. The van der Waals surface area contributed by atoms with E-state index in [2.05, 4.69) is 26.5 Å². The lowest BCUT2D eigenvalue weighted by atomic mass is 9.89. The molecule has 1 aliphatic rings. The van der Waals surface area contributed by atoms with Crippen LogP contribution in [0.3, 0.4) is 0 Å². The molecule has 27 heavy (non-hydrogen) atoms. The zero-order valence-corrected chi connectivity index (χ0v) is 17.0. The number of aromatic amines is 1. The summed E-state index contributed by atoms with van der Waals surface area (Å²) in [6.45, 7) is 5.85. The summed E-state index contributed by atoms with van der Waals surface area (Å²) in [5.74, 6) is 0.504. The van der Waals surface area contributed by atoms with Gasteiger partial charge in [-0.15, -0.1) is 16.4 Å². The number of thiophene rings is 1. The molecule has 0 amide bonds. The molecule has 0 fully saturated rings. The number of nitrogens with zero attached hydrogens (tertiary/aromatic N) is 3. The molecular weight excluding hydrogens is 384 g/mol. The Labute approximate surface area is 164 Å². The molecule has 0 bridgehead atoms. The SMILES string of the molecule is CCc1nnsc1C(=O)O[C@H](C)c1nc2sc3c(c2c(=O)[nH]1)CC[C@@H](C)C3. The van der Waals surface area contributed by atoms with Crippen LogP contribution >= 0.6 is 22.9 Å². The molecular formula is C18H20N4O3S2. The Bertz CT molecular complexity index is 1070. The van der Waals surface area contributed by atoms with Crippen LogP contribution < -0.4 is 5.56 Å². The maximum absolute atomic E-state index is 12.7. The van der Waals surface area contributed by atoms with Crippen molar-refractivity contribution in [1.82, 2.24) is 19.6 Å². The summed E-state index contributed by atoms with van der Waals surface area (Å²) in [5.41, 5.74) is 1.61. The zero-order chi connectivity index (χ0) is 19.1. The first-order chi connectivity index (χ1) is 13.0. The van der Waals surface area contributed by atoms with Crippen molar-refractivity contribution in [3.63, 3.8) is 0 Å². The first-order valence-corrected chi connectivity index (χ1v) is 10.6. The highest BCUT2D eigenvalue weighted by Crippen LogP contribution is 2.36. The number of aryl methyl sites for hydroxylation is 2. The predicted octanol–water partition coefficient (Wildman–Crippen LogP) is 3.44. The van der Waals surface area contributed by atoms with Gasteiger partial charge in [-0.05, 0) is 55.6 Å². The Morgan fingerprint density at radius 2 is 2.26 bits per heavy atom. The zero-order valence-electron chi connectivity index (χ0n) is 15.4. The van der Waals surface area contributed by atoms with Gasteiger partial charge >= 0.3 is 5.97 Å². The third kappa shape index (κ3) is 3.29. The van der Waals surface area contributed by atoms with Crippen molar-refractivity contribution in [3.8, 4) is 0 Å². The van der Waals surface area contributed by atoms with Gasteiger partial charge in [0.2, 0.25) is 0 Å². The van der Waals surface area contributed by atoms with E-state index in [1.807, 2.05) is 6.92 Å². The number of carbonyl (C=O) groups is 1. The number of nitrogens with one attached hydrogen (secondary N) is 1. The van der Waals surface area contributed by atoms with Crippen molar-refractivity contribution in [3.05, 3.63) is 37.2 Å². The van der Waals surface area contributed by atoms with Gasteiger partial charge in [0.05, 0.1) is 11.1 Å². The summed E-state index contributed by atoms with van der Waals surface area (Å²) in [4.78, 5) is 34.9. The Balaban J connectivity index is 1.64. The number of ether oxygens (including phenoxy) is 1. The average molecular weight is 405 g/mol. The van der Waals surface area contributed by atoms with Gasteiger partial charge in [0.25, 0.3) is 5.56 Å². The molecule has 0 radical (unpaired) electrons. The second kappa shape index (κ2) is 7.12. The lowest BCUT2D eigenvalue weighted by molar-refractivity contribution is 0.0324. The van der Waals surface area contributed by atoms with Gasteiger partial charge in [0, 0.05) is 4.88 Å². The average Bonchev–Trinajstić information content (AvgIpc) is 3.24. The summed E-state index contributed by atoms with van der Waals surface area (Å²) in [6, 6.07) is 0. The third-order valence-electron chi connectivity index (χ3n) is 4.93. The van der Waals surface area contributed by atoms with E-state index in [4.69, 9.17) is 4.74 Å². The molecule has 7 nitrogen and oxygen atoms in total. The molecule has 9 heteroatoms. The number of hydrogen-bond donors (Lipinski definition) is 1. The van der Waals surface area contributed by atoms with Crippen molar-refractivity contribution in [2.75, 3.05) is 0 Å². The van der Waals surface area contributed by atoms with Gasteiger partial charge in [-0.2, -0.15) is 0 Å². The number of hydrogen-bond acceptors (Lipinski definition) is 8. The van der Waals surface area contributed by atoms with Crippen LogP contribution in [-0.2, 0) is 24.0 Å². The molecule has 2 atom stereocenters. The van der Waals surface area contributed by atoms with E-state index in [0.717, 1.165) is 41.2 Å². The van der Waals surface area contributed by atoms with E-state index in [1.54, 1.807) is 18.3 Å². The Morgan fingerprint density at radius 3 is 3.04 bits per heavy atom. The van der Waals surface area contributed by atoms with E-state index in [1.165, 1.54) is 4.88 Å². The highest BCUT2D eigenvalue weighted by atomic mass is 32.1. The summed E-state index contributed by atoms with van der Waals surface area (Å²) >= 11 is 2.60. The first-order valence-electron chi connectivity index (χ1n) is 9.04. The van der Waals surface area contributed by atoms with Crippen molar-refractivity contribution >= 4 is 39.1 Å². The molecule has 0 saturated carbocycles. The van der Waals surface area contributed by atoms with E-state index in [-0.39, 0.29) is 5.56 Å². The highest BCUT2D eigenvalue weighted by molar-refractivity contribution is 7.18. The van der Waals surface area contributed by atoms with Crippen LogP contribution in [0.1, 0.15) is 64.9 Å². The molecule has 1 aliphatic carbocycles. The first kappa shape index (κ1) is 18.2. The topological polar surface area (TPSA) is 97.8 Å². The Morgan fingerprint density at radius 1 is 1.44 bits per heavy atom. The maximum atomic E-state index is 12.7. The quantitative estimate of drug-likeness (QED) is 0.669. The van der Waals surface area contributed by atoms with Crippen LogP contribution in [0.15, 0.2) is 4.79 Å². The minimum atomic E-state index is -0.667. The fourth-order valence-corrected chi connectivity index (χ4v) is 5.45. The molecule has 0 aromatic carbocycles.